The Balaban J connectivity index is 2.00. The fourth-order valence-corrected chi connectivity index (χ4v) is 2.54. The Bertz CT molecular complexity index is 567. The van der Waals surface area contributed by atoms with Crippen molar-refractivity contribution in [2.24, 2.45) is 0 Å². The molecule has 0 spiro atoms. The van der Waals surface area contributed by atoms with Crippen molar-refractivity contribution in [3.63, 3.8) is 0 Å². The second-order valence-corrected chi connectivity index (χ2v) is 4.87. The Kier molecular flexibility index (Phi) is 2.80. The molecule has 0 saturated carbocycles. The Morgan fingerprint density at radius 2 is 2.00 bits per heavy atom. The molecule has 1 aromatic heterocycles. The number of fused-ring (bicyclic) bond motifs is 1. The Morgan fingerprint density at radius 3 is 2.72 bits per heavy atom. The molecule has 18 heavy (non-hydrogen) atoms. The molecule has 2 heterocycles. The minimum Gasteiger partial charge on any atom is -0.367 e. The summed E-state index contributed by atoms with van der Waals surface area (Å²) >= 11 is 0. The van der Waals surface area contributed by atoms with Gasteiger partial charge in [0, 0.05) is 31.6 Å². The van der Waals surface area contributed by atoms with Crippen LogP contribution in [0.5, 0.6) is 0 Å². The summed E-state index contributed by atoms with van der Waals surface area (Å²) in [5.41, 5.74) is 2.92. The van der Waals surface area contributed by atoms with Gasteiger partial charge >= 0.3 is 0 Å². The van der Waals surface area contributed by atoms with Gasteiger partial charge in [-0.25, -0.2) is 0 Å². The number of rotatable bonds is 2. The second kappa shape index (κ2) is 4.46. The van der Waals surface area contributed by atoms with Crippen LogP contribution in [-0.4, -0.2) is 49.4 Å². The molecule has 1 aromatic carbocycles. The monoisotopic (exact) mass is 243 g/mol. The van der Waals surface area contributed by atoms with Crippen LogP contribution in [0.1, 0.15) is 10.5 Å². The van der Waals surface area contributed by atoms with Crippen LogP contribution in [0, 0.1) is 0 Å². The number of hydrogen-bond acceptors (Lipinski definition) is 3. The predicted octanol–water partition coefficient (Wildman–Crippen LogP) is 1.73. The summed E-state index contributed by atoms with van der Waals surface area (Å²) in [7, 11) is 2.15. The molecule has 0 radical (unpaired) electrons. The van der Waals surface area contributed by atoms with Gasteiger partial charge in [-0.1, -0.05) is 12.1 Å². The molecule has 0 atom stereocenters. The molecule has 1 saturated heterocycles. The maximum atomic E-state index is 10.9. The molecule has 4 heteroatoms. The first-order valence-electron chi connectivity index (χ1n) is 6.28. The van der Waals surface area contributed by atoms with Crippen molar-refractivity contribution >= 4 is 22.9 Å². The SMILES string of the molecule is CN1CCN(c2cccc3cc(C=O)[nH]c23)CC1. The fraction of sp³-hybridized carbons (Fsp3) is 0.357. The lowest BCUT2D eigenvalue weighted by Gasteiger charge is -2.34. The average Bonchev–Trinajstić information content (AvgIpc) is 2.82. The number of para-hydroxylation sites is 1. The van der Waals surface area contributed by atoms with Crippen LogP contribution in [0.4, 0.5) is 5.69 Å². The topological polar surface area (TPSA) is 39.3 Å². The number of carbonyl (C=O) groups is 1. The van der Waals surface area contributed by atoms with E-state index in [1.165, 1.54) is 5.69 Å². The first kappa shape index (κ1) is 11.3. The standard InChI is InChI=1S/C14H17N3O/c1-16-5-7-17(8-6-16)13-4-2-3-11-9-12(10-18)15-14(11)13/h2-4,9-10,15H,5-8H2,1H3. The Morgan fingerprint density at radius 1 is 1.22 bits per heavy atom. The van der Waals surface area contributed by atoms with Crippen molar-refractivity contribution in [1.82, 2.24) is 9.88 Å². The highest BCUT2D eigenvalue weighted by Gasteiger charge is 2.16. The number of nitrogens with one attached hydrogen (secondary N) is 1. The lowest BCUT2D eigenvalue weighted by molar-refractivity contribution is 0.112. The van der Waals surface area contributed by atoms with E-state index in [1.807, 2.05) is 12.1 Å². The van der Waals surface area contributed by atoms with Gasteiger partial charge in [-0.2, -0.15) is 0 Å². The molecule has 1 N–H and O–H groups in total. The number of piperazine rings is 1. The van der Waals surface area contributed by atoms with Gasteiger partial charge in [-0.15, -0.1) is 0 Å². The van der Waals surface area contributed by atoms with Gasteiger partial charge in [-0.3, -0.25) is 4.79 Å². The van der Waals surface area contributed by atoms with E-state index >= 15 is 0 Å². The van der Waals surface area contributed by atoms with Crippen LogP contribution in [0.25, 0.3) is 10.9 Å². The third-order valence-electron chi connectivity index (χ3n) is 3.63. The van der Waals surface area contributed by atoms with Crippen molar-refractivity contribution < 1.29 is 4.79 Å². The highest BCUT2D eigenvalue weighted by atomic mass is 16.1. The highest BCUT2D eigenvalue weighted by Crippen LogP contribution is 2.27. The summed E-state index contributed by atoms with van der Waals surface area (Å²) in [6, 6.07) is 8.12. The number of carbonyl (C=O) groups excluding carboxylic acids is 1. The molecule has 0 bridgehead atoms. The third kappa shape index (κ3) is 1.88. The molecule has 3 rings (SSSR count). The number of H-pyrrole nitrogens is 1. The van der Waals surface area contributed by atoms with Crippen molar-refractivity contribution in [1.29, 1.82) is 0 Å². The molecule has 1 aliphatic heterocycles. The minimum atomic E-state index is 0.645. The molecule has 94 valence electrons. The first-order chi connectivity index (χ1) is 8.78. The molecule has 0 unspecified atom stereocenters. The van der Waals surface area contributed by atoms with E-state index in [9.17, 15) is 4.79 Å². The van der Waals surface area contributed by atoms with E-state index in [0.29, 0.717) is 5.69 Å². The fourth-order valence-electron chi connectivity index (χ4n) is 2.54. The number of benzene rings is 1. The van der Waals surface area contributed by atoms with E-state index in [4.69, 9.17) is 0 Å². The van der Waals surface area contributed by atoms with E-state index in [-0.39, 0.29) is 0 Å². The zero-order valence-electron chi connectivity index (χ0n) is 10.5. The first-order valence-corrected chi connectivity index (χ1v) is 6.28. The molecule has 0 aliphatic carbocycles. The van der Waals surface area contributed by atoms with Gasteiger partial charge in [0.25, 0.3) is 0 Å². The molecular formula is C14H17N3O. The van der Waals surface area contributed by atoms with Gasteiger partial charge < -0.3 is 14.8 Å². The number of hydrogen-bond donors (Lipinski definition) is 1. The summed E-state index contributed by atoms with van der Waals surface area (Å²) < 4.78 is 0. The number of nitrogens with zero attached hydrogens (tertiary/aromatic N) is 2. The van der Waals surface area contributed by atoms with Crippen LogP contribution in [0.3, 0.4) is 0 Å². The van der Waals surface area contributed by atoms with Crippen molar-refractivity contribution in [3.8, 4) is 0 Å². The van der Waals surface area contributed by atoms with E-state index in [2.05, 4.69) is 34.0 Å². The summed E-state index contributed by atoms with van der Waals surface area (Å²) in [6.07, 6.45) is 0.869. The van der Waals surface area contributed by atoms with E-state index in [0.717, 1.165) is 43.4 Å². The Hall–Kier alpha value is -1.81. The summed E-state index contributed by atoms with van der Waals surface area (Å²) in [5, 5.41) is 1.11. The molecule has 0 amide bonds. The van der Waals surface area contributed by atoms with Crippen molar-refractivity contribution in [3.05, 3.63) is 30.0 Å². The number of aromatic nitrogens is 1. The van der Waals surface area contributed by atoms with Gasteiger partial charge in [0.2, 0.25) is 0 Å². The normalized spacial score (nSPS) is 17.3. The molecular weight excluding hydrogens is 226 g/mol. The summed E-state index contributed by atoms with van der Waals surface area (Å²) in [6.45, 7) is 4.23. The lowest BCUT2D eigenvalue weighted by atomic mass is 10.2. The van der Waals surface area contributed by atoms with E-state index < -0.39 is 0 Å². The maximum Gasteiger partial charge on any atom is 0.166 e. The van der Waals surface area contributed by atoms with Crippen molar-refractivity contribution in [2.45, 2.75) is 0 Å². The third-order valence-corrected chi connectivity index (χ3v) is 3.63. The smallest absolute Gasteiger partial charge is 0.166 e. The summed E-state index contributed by atoms with van der Waals surface area (Å²) in [4.78, 5) is 18.8. The average molecular weight is 243 g/mol. The molecule has 4 nitrogen and oxygen atoms in total. The largest absolute Gasteiger partial charge is 0.367 e. The predicted molar refractivity (Wildman–Crippen MR) is 73.4 cm³/mol. The molecule has 1 aliphatic rings. The summed E-state index contributed by atoms with van der Waals surface area (Å²) in [5.74, 6) is 0. The van der Waals surface area contributed by atoms with Gasteiger partial charge in [0.05, 0.1) is 16.9 Å². The van der Waals surface area contributed by atoms with Crippen molar-refractivity contribution in [2.75, 3.05) is 38.1 Å². The van der Waals surface area contributed by atoms with Gasteiger partial charge in [0.1, 0.15) is 0 Å². The van der Waals surface area contributed by atoms with Crippen LogP contribution in [-0.2, 0) is 0 Å². The number of aldehydes is 1. The zero-order chi connectivity index (χ0) is 12.5. The number of aromatic amines is 1. The zero-order valence-corrected chi connectivity index (χ0v) is 10.5. The van der Waals surface area contributed by atoms with Crippen LogP contribution < -0.4 is 4.90 Å². The lowest BCUT2D eigenvalue weighted by Crippen LogP contribution is -2.44. The highest BCUT2D eigenvalue weighted by molar-refractivity contribution is 5.95. The van der Waals surface area contributed by atoms with Crippen LogP contribution in [0.2, 0.25) is 0 Å². The van der Waals surface area contributed by atoms with Gasteiger partial charge in [0.15, 0.2) is 6.29 Å². The molecule has 1 fully saturated rings. The maximum absolute atomic E-state index is 10.9. The number of likely N-dealkylation sites (N-methyl/N-ethyl adjacent to an activating group) is 1. The second-order valence-electron chi connectivity index (χ2n) is 4.87. The Labute approximate surface area is 106 Å². The minimum absolute atomic E-state index is 0.645. The number of anilines is 1. The van der Waals surface area contributed by atoms with Crippen LogP contribution >= 0.6 is 0 Å². The van der Waals surface area contributed by atoms with Gasteiger partial charge in [-0.05, 0) is 19.2 Å². The van der Waals surface area contributed by atoms with Crippen LogP contribution in [0.15, 0.2) is 24.3 Å². The molecule has 2 aromatic rings. The quantitative estimate of drug-likeness (QED) is 0.817. The van der Waals surface area contributed by atoms with E-state index in [1.54, 1.807) is 0 Å².